The van der Waals surface area contributed by atoms with Crippen LogP contribution in [0.25, 0.3) is 0 Å². The van der Waals surface area contributed by atoms with Crippen LogP contribution in [-0.2, 0) is 0 Å². The molecule has 1 aliphatic carbocycles. The van der Waals surface area contributed by atoms with Crippen molar-refractivity contribution in [1.82, 2.24) is 10.7 Å². The van der Waals surface area contributed by atoms with Crippen LogP contribution in [0.15, 0.2) is 58.5 Å². The molecule has 0 saturated carbocycles. The zero-order valence-corrected chi connectivity index (χ0v) is 11.5. The van der Waals surface area contributed by atoms with Gasteiger partial charge in [-0.25, -0.2) is 0 Å². The average molecular weight is 276 g/mol. The maximum atomic E-state index is 10.9. The summed E-state index contributed by atoms with van der Waals surface area (Å²) >= 11 is 4.88. The summed E-state index contributed by atoms with van der Waals surface area (Å²) in [7, 11) is 1.69. The summed E-state index contributed by atoms with van der Waals surface area (Å²) in [6.07, 6.45) is 11.5. The third kappa shape index (κ3) is 4.97. The molecule has 0 amide bonds. The molecule has 0 spiro atoms. The first-order valence-electron chi connectivity index (χ1n) is 5.77. The normalized spacial score (nSPS) is 18.3. The van der Waals surface area contributed by atoms with Crippen molar-refractivity contribution in [3.63, 3.8) is 0 Å². The van der Waals surface area contributed by atoms with E-state index in [2.05, 4.69) is 27.6 Å². The van der Waals surface area contributed by atoms with Crippen LogP contribution in [0.3, 0.4) is 0 Å². The van der Waals surface area contributed by atoms with Crippen molar-refractivity contribution >= 4 is 23.5 Å². The average Bonchev–Trinajstić information content (AvgIpc) is 2.61. The number of rotatable bonds is 5. The zero-order chi connectivity index (χ0) is 14.1. The lowest BCUT2D eigenvalue weighted by Crippen LogP contribution is -2.28. The topological polar surface area (TPSA) is 65.8 Å². The molecule has 1 unspecified atom stereocenters. The van der Waals surface area contributed by atoms with Gasteiger partial charge in [0.25, 0.3) is 0 Å². The summed E-state index contributed by atoms with van der Waals surface area (Å²) in [6.45, 7) is 3.69. The Balaban J connectivity index is 2.82. The molecule has 2 N–H and O–H groups in total. The number of hydrazone groups is 1. The second-order valence-electron chi connectivity index (χ2n) is 3.79. The monoisotopic (exact) mass is 276 g/mol. The fourth-order valence-corrected chi connectivity index (χ4v) is 1.54. The maximum absolute atomic E-state index is 10.9. The molecular weight excluding hydrogens is 260 g/mol. The van der Waals surface area contributed by atoms with Gasteiger partial charge in [-0.05, 0) is 29.9 Å². The van der Waals surface area contributed by atoms with E-state index in [0.29, 0.717) is 16.4 Å². The van der Waals surface area contributed by atoms with Crippen molar-refractivity contribution in [2.45, 2.75) is 6.42 Å². The fraction of sp³-hybridized carbons (Fsp3) is 0.231. The van der Waals surface area contributed by atoms with Crippen molar-refractivity contribution in [2.75, 3.05) is 7.05 Å². The van der Waals surface area contributed by atoms with E-state index in [1.165, 1.54) is 6.21 Å². The molecule has 5 nitrogen and oxygen atoms in total. The molecule has 1 rings (SSSR count). The summed E-state index contributed by atoms with van der Waals surface area (Å²) in [5, 5.41) is 10.1. The molecule has 0 aromatic heterocycles. The lowest BCUT2D eigenvalue weighted by atomic mass is 10.0. The van der Waals surface area contributed by atoms with Gasteiger partial charge in [0, 0.05) is 18.5 Å². The molecule has 0 fully saturated rings. The minimum Gasteiger partial charge on any atom is -0.364 e. The van der Waals surface area contributed by atoms with E-state index >= 15 is 0 Å². The molecule has 6 heteroatoms. The molecule has 0 bridgehead atoms. The molecule has 100 valence electrons. The second-order valence-corrected chi connectivity index (χ2v) is 4.20. The highest BCUT2D eigenvalue weighted by atomic mass is 32.1. The standard InChI is InChI=1S/C13H16N4OS/c1-3-5-10-6-4-7-11(12(8-10)17-18)9-15-16-13(19)14-2/h3-4,6-10H,1,5H2,2H3,(H2,14,16,19)/b15-9+. The van der Waals surface area contributed by atoms with Gasteiger partial charge in [-0.15, -0.1) is 11.5 Å². The maximum Gasteiger partial charge on any atom is 0.186 e. The van der Waals surface area contributed by atoms with Crippen molar-refractivity contribution < 1.29 is 0 Å². The van der Waals surface area contributed by atoms with E-state index in [-0.39, 0.29) is 5.92 Å². The zero-order valence-electron chi connectivity index (χ0n) is 10.7. The third-order valence-electron chi connectivity index (χ3n) is 2.44. The molecule has 0 saturated heterocycles. The van der Waals surface area contributed by atoms with E-state index in [9.17, 15) is 4.91 Å². The smallest absolute Gasteiger partial charge is 0.186 e. The van der Waals surface area contributed by atoms with E-state index < -0.39 is 0 Å². The van der Waals surface area contributed by atoms with Crippen molar-refractivity contribution in [1.29, 1.82) is 0 Å². The van der Waals surface area contributed by atoms with E-state index in [0.717, 1.165) is 6.42 Å². The van der Waals surface area contributed by atoms with E-state index in [1.807, 2.05) is 12.2 Å². The predicted molar refractivity (Wildman–Crippen MR) is 82.7 cm³/mol. The van der Waals surface area contributed by atoms with Crippen molar-refractivity contribution in [3.8, 4) is 0 Å². The van der Waals surface area contributed by atoms with Gasteiger partial charge in [-0.3, -0.25) is 5.43 Å². The Bertz CT molecular complexity index is 477. The highest BCUT2D eigenvalue weighted by Crippen LogP contribution is 2.20. The number of nitroso groups, excluding NO2 is 1. The third-order valence-corrected chi connectivity index (χ3v) is 2.73. The predicted octanol–water partition coefficient (Wildman–Crippen LogP) is 2.40. The van der Waals surface area contributed by atoms with Crippen LogP contribution in [0, 0.1) is 10.8 Å². The Kier molecular flexibility index (Phi) is 6.38. The summed E-state index contributed by atoms with van der Waals surface area (Å²) in [5.41, 5.74) is 3.61. The molecule has 1 atom stereocenters. The molecule has 19 heavy (non-hydrogen) atoms. The lowest BCUT2D eigenvalue weighted by molar-refractivity contribution is 0.827. The SMILES string of the molecule is C=CCC1C=CC=C(/C=N/NC(=S)NC)C(N=O)=C1. The van der Waals surface area contributed by atoms with Crippen molar-refractivity contribution in [2.24, 2.45) is 16.2 Å². The summed E-state index contributed by atoms with van der Waals surface area (Å²) in [4.78, 5) is 10.9. The number of hydrogen-bond donors (Lipinski definition) is 2. The van der Waals surface area contributed by atoms with Gasteiger partial charge in [0.1, 0.15) is 5.70 Å². The first-order chi connectivity index (χ1) is 9.21. The van der Waals surface area contributed by atoms with Crippen LogP contribution < -0.4 is 10.7 Å². The quantitative estimate of drug-likeness (QED) is 0.266. The highest BCUT2D eigenvalue weighted by Gasteiger charge is 2.09. The molecule has 0 aromatic rings. The highest BCUT2D eigenvalue weighted by molar-refractivity contribution is 7.80. The summed E-state index contributed by atoms with van der Waals surface area (Å²) in [5.74, 6) is 0.124. The minimum atomic E-state index is 0.124. The molecule has 0 aliphatic heterocycles. The Morgan fingerprint density at radius 3 is 3.05 bits per heavy atom. The number of allylic oxidation sites excluding steroid dienone is 6. The molecule has 0 radical (unpaired) electrons. The van der Waals surface area contributed by atoms with Gasteiger partial charge < -0.3 is 5.32 Å². The molecular formula is C13H16N4OS. The van der Waals surface area contributed by atoms with Crippen LogP contribution in [0.4, 0.5) is 0 Å². The van der Waals surface area contributed by atoms with E-state index in [4.69, 9.17) is 12.2 Å². The molecule has 0 heterocycles. The Morgan fingerprint density at radius 1 is 1.63 bits per heavy atom. The Hall–Kier alpha value is -2.08. The molecule has 1 aliphatic rings. The molecule has 0 aromatic carbocycles. The first kappa shape index (κ1) is 15.0. The van der Waals surface area contributed by atoms with Crippen LogP contribution in [-0.4, -0.2) is 18.4 Å². The van der Waals surface area contributed by atoms with Crippen molar-refractivity contribution in [3.05, 3.63) is 53.1 Å². The van der Waals surface area contributed by atoms with Gasteiger partial charge in [-0.2, -0.15) is 5.10 Å². The van der Waals surface area contributed by atoms with Gasteiger partial charge >= 0.3 is 0 Å². The van der Waals surface area contributed by atoms with Crippen LogP contribution >= 0.6 is 12.2 Å². The number of nitrogens with zero attached hydrogens (tertiary/aromatic N) is 2. The second kappa shape index (κ2) is 8.10. The number of hydrogen-bond acceptors (Lipinski definition) is 4. The number of thiocarbonyl (C=S) groups is 1. The largest absolute Gasteiger partial charge is 0.364 e. The van der Waals surface area contributed by atoms with Gasteiger partial charge in [0.15, 0.2) is 5.11 Å². The van der Waals surface area contributed by atoms with Gasteiger partial charge in [0.05, 0.1) is 6.21 Å². The van der Waals surface area contributed by atoms with Crippen LogP contribution in [0.1, 0.15) is 6.42 Å². The lowest BCUT2D eigenvalue weighted by Gasteiger charge is -2.03. The summed E-state index contributed by atoms with van der Waals surface area (Å²) in [6, 6.07) is 0. The Morgan fingerprint density at radius 2 is 2.42 bits per heavy atom. The minimum absolute atomic E-state index is 0.124. The van der Waals surface area contributed by atoms with E-state index in [1.54, 1.807) is 25.3 Å². The summed E-state index contributed by atoms with van der Waals surface area (Å²) < 4.78 is 0. The fourth-order valence-electron chi connectivity index (χ4n) is 1.49. The van der Waals surface area contributed by atoms with Gasteiger partial charge in [-0.1, -0.05) is 24.3 Å². The van der Waals surface area contributed by atoms with Crippen LogP contribution in [0.2, 0.25) is 0 Å². The Labute approximate surface area is 117 Å². The first-order valence-corrected chi connectivity index (χ1v) is 6.17. The van der Waals surface area contributed by atoms with Crippen LogP contribution in [0.5, 0.6) is 0 Å². The number of nitrogens with one attached hydrogen (secondary N) is 2. The van der Waals surface area contributed by atoms with Gasteiger partial charge in [0.2, 0.25) is 0 Å².